The Hall–Kier alpha value is -1.09. The van der Waals surface area contributed by atoms with Crippen LogP contribution in [-0.4, -0.2) is 33.8 Å². The van der Waals surface area contributed by atoms with Gasteiger partial charge in [-0.15, -0.1) is 0 Å². The molecule has 0 amide bonds. The van der Waals surface area contributed by atoms with Crippen LogP contribution in [0.4, 0.5) is 0 Å². The molecule has 0 atom stereocenters. The van der Waals surface area contributed by atoms with Gasteiger partial charge in [0, 0.05) is 0 Å². The summed E-state index contributed by atoms with van der Waals surface area (Å²) in [5.74, 6) is -0.481. The molecule has 0 fully saturated rings. The van der Waals surface area contributed by atoms with Crippen LogP contribution < -0.4 is 4.46 Å². The number of benzene rings is 1. The number of hydrogen-bond acceptors (Lipinski definition) is 3. The Morgan fingerprint density at radius 2 is 2.06 bits per heavy atom. The average Bonchev–Trinajstić information content (AvgIpc) is 2.31. The Kier molecular flexibility index (Phi) is 5.98. The normalized spacial score (nSPS) is 11.1. The van der Waals surface area contributed by atoms with E-state index in [1.54, 1.807) is 19.1 Å². The van der Waals surface area contributed by atoms with Crippen molar-refractivity contribution in [3.63, 3.8) is 0 Å². The molecule has 0 aliphatic carbocycles. The van der Waals surface area contributed by atoms with Gasteiger partial charge in [-0.2, -0.15) is 0 Å². The maximum absolute atomic E-state index is 11.2. The molecule has 0 aliphatic rings. The number of carbonyl (C=O) groups excluding carboxylic acids is 2. The van der Waals surface area contributed by atoms with Crippen molar-refractivity contribution in [3.05, 3.63) is 39.8 Å². The van der Waals surface area contributed by atoms with Crippen molar-refractivity contribution in [2.75, 3.05) is 6.61 Å². The van der Waals surface area contributed by atoms with Gasteiger partial charge in [-0.05, 0) is 0 Å². The molecule has 0 saturated carbocycles. The molecule has 0 unspecified atom stereocenters. The minimum atomic E-state index is -0.481. The van der Waals surface area contributed by atoms with E-state index in [2.05, 4.69) is 0 Å². The molecule has 0 aromatic heterocycles. The summed E-state index contributed by atoms with van der Waals surface area (Å²) in [5.41, 5.74) is 0. The van der Waals surface area contributed by atoms with Crippen molar-refractivity contribution < 1.29 is 14.3 Å². The Balaban J connectivity index is 2.73. The molecule has 17 heavy (non-hydrogen) atoms. The fourth-order valence-corrected chi connectivity index (χ4v) is 2.72. The fraction of sp³-hybridized carbons (Fsp3) is 0.167. The zero-order valence-corrected chi connectivity index (χ0v) is 11.7. The van der Waals surface area contributed by atoms with Gasteiger partial charge >= 0.3 is 111 Å². The van der Waals surface area contributed by atoms with E-state index in [4.69, 9.17) is 16.3 Å². The number of rotatable bonds is 5. The van der Waals surface area contributed by atoms with Crippen LogP contribution in [0.2, 0.25) is 5.02 Å². The first-order valence-corrected chi connectivity index (χ1v) is 7.02. The molecule has 0 saturated heterocycles. The monoisotopic (exact) mass is 318 g/mol. The van der Waals surface area contributed by atoms with Gasteiger partial charge in [-0.1, -0.05) is 0 Å². The van der Waals surface area contributed by atoms with E-state index in [1.807, 2.05) is 12.1 Å². The van der Waals surface area contributed by atoms with Gasteiger partial charge < -0.3 is 0 Å². The van der Waals surface area contributed by atoms with Crippen LogP contribution in [0.25, 0.3) is 0 Å². The van der Waals surface area contributed by atoms with E-state index in [1.165, 1.54) is 6.08 Å². The first-order chi connectivity index (χ1) is 8.15. The topological polar surface area (TPSA) is 43.4 Å². The van der Waals surface area contributed by atoms with Crippen LogP contribution in [0, 0.1) is 0 Å². The molecule has 1 aromatic carbocycles. The van der Waals surface area contributed by atoms with Crippen molar-refractivity contribution in [2.24, 2.45) is 0 Å². The van der Waals surface area contributed by atoms with Gasteiger partial charge in [0.25, 0.3) is 0 Å². The van der Waals surface area contributed by atoms with Gasteiger partial charge in [0.2, 0.25) is 0 Å². The van der Waals surface area contributed by atoms with E-state index in [0.717, 1.165) is 4.46 Å². The molecular weight excluding hydrogens is 307 g/mol. The predicted octanol–water partition coefficient (Wildman–Crippen LogP) is 1.32. The third kappa shape index (κ3) is 5.18. The number of esters is 1. The van der Waals surface area contributed by atoms with Crippen molar-refractivity contribution in [1.82, 2.24) is 0 Å². The number of aldehydes is 1. The van der Waals surface area contributed by atoms with Gasteiger partial charge in [-0.25, -0.2) is 0 Å². The van der Waals surface area contributed by atoms with E-state index in [-0.39, 0.29) is 15.0 Å². The van der Waals surface area contributed by atoms with Gasteiger partial charge in [0.05, 0.1) is 0 Å². The summed E-state index contributed by atoms with van der Waals surface area (Å²) >= 11 is 5.55. The molecule has 3 nitrogen and oxygen atoms in total. The summed E-state index contributed by atoms with van der Waals surface area (Å²) in [6.45, 7) is 2.02. The van der Waals surface area contributed by atoms with Crippen LogP contribution in [0.3, 0.4) is 0 Å². The molecule has 0 N–H and O–H groups in total. The zero-order chi connectivity index (χ0) is 12.7. The van der Waals surface area contributed by atoms with E-state index < -0.39 is 5.97 Å². The molecule has 0 aliphatic heterocycles. The van der Waals surface area contributed by atoms with Gasteiger partial charge in [0.15, 0.2) is 0 Å². The Morgan fingerprint density at radius 3 is 2.59 bits per heavy atom. The standard InChI is InChI=1S/C12H11ClO3Se/c1-2-16-12(15)7-11(8-14)17-10-5-3-9(13)4-6-10/h3-8H,2H2,1H3/b11-7-. The van der Waals surface area contributed by atoms with Crippen molar-refractivity contribution in [2.45, 2.75) is 6.92 Å². The second-order valence-electron chi connectivity index (χ2n) is 2.97. The van der Waals surface area contributed by atoms with Crippen LogP contribution in [0.1, 0.15) is 6.92 Å². The zero-order valence-electron chi connectivity index (χ0n) is 9.18. The Morgan fingerprint density at radius 1 is 1.41 bits per heavy atom. The third-order valence-electron chi connectivity index (χ3n) is 1.71. The first kappa shape index (κ1) is 14.0. The van der Waals surface area contributed by atoms with Crippen molar-refractivity contribution in [3.8, 4) is 0 Å². The van der Waals surface area contributed by atoms with Gasteiger partial charge in [0.1, 0.15) is 0 Å². The minimum absolute atomic E-state index is 0.209. The number of hydrogen-bond donors (Lipinski definition) is 0. The second-order valence-corrected chi connectivity index (χ2v) is 5.82. The van der Waals surface area contributed by atoms with Crippen LogP contribution in [-0.2, 0) is 14.3 Å². The van der Waals surface area contributed by atoms with Crippen LogP contribution in [0.15, 0.2) is 34.8 Å². The van der Waals surface area contributed by atoms with E-state index >= 15 is 0 Å². The summed E-state index contributed by atoms with van der Waals surface area (Å²) in [6, 6.07) is 7.19. The second kappa shape index (κ2) is 7.28. The Labute approximate surface area is 111 Å². The van der Waals surface area contributed by atoms with Crippen molar-refractivity contribution in [1.29, 1.82) is 0 Å². The molecule has 0 bridgehead atoms. The molecular formula is C12H11ClO3Se. The number of allylic oxidation sites excluding steroid dienone is 1. The molecule has 90 valence electrons. The summed E-state index contributed by atoms with van der Waals surface area (Å²) in [5, 5.41) is 0.645. The maximum atomic E-state index is 11.2. The van der Waals surface area contributed by atoms with Crippen LogP contribution in [0.5, 0.6) is 0 Å². The summed E-state index contributed by atoms with van der Waals surface area (Å²) in [4.78, 5) is 22.0. The molecule has 0 spiro atoms. The van der Waals surface area contributed by atoms with Crippen LogP contribution >= 0.6 is 11.6 Å². The first-order valence-electron chi connectivity index (χ1n) is 4.92. The fourth-order valence-electron chi connectivity index (χ4n) is 1.03. The molecule has 0 radical (unpaired) electrons. The number of ether oxygens (including phenoxy) is 1. The number of halogens is 1. The molecule has 1 aromatic rings. The molecule has 5 heteroatoms. The van der Waals surface area contributed by atoms with Crippen molar-refractivity contribution >= 4 is 43.3 Å². The predicted molar refractivity (Wildman–Crippen MR) is 67.6 cm³/mol. The van der Waals surface area contributed by atoms with E-state index in [9.17, 15) is 9.59 Å². The quantitative estimate of drug-likeness (QED) is 0.356. The number of carbonyl (C=O) groups is 2. The average molecular weight is 318 g/mol. The molecule has 0 heterocycles. The Bertz CT molecular complexity index is 426. The SMILES string of the molecule is CCOC(=O)/C=C(/C=O)[Se]c1ccc(Cl)cc1. The van der Waals surface area contributed by atoms with Gasteiger partial charge in [-0.3, -0.25) is 0 Å². The third-order valence-corrected chi connectivity index (χ3v) is 3.97. The summed E-state index contributed by atoms with van der Waals surface area (Å²) in [6.07, 6.45) is 1.93. The van der Waals surface area contributed by atoms with E-state index in [0.29, 0.717) is 22.4 Å². The molecule has 1 rings (SSSR count). The summed E-state index contributed by atoms with van der Waals surface area (Å²) < 4.78 is 6.16. The summed E-state index contributed by atoms with van der Waals surface area (Å²) in [7, 11) is 0.